The predicted molar refractivity (Wildman–Crippen MR) is 395 cm³/mol. The topological polar surface area (TPSA) is 333 Å². The average molecular weight is 1490 g/mol. The van der Waals surface area contributed by atoms with Gasteiger partial charge >= 0.3 is 16.1 Å². The van der Waals surface area contributed by atoms with Crippen LogP contribution in [0.2, 0.25) is 0 Å². The van der Waals surface area contributed by atoms with Crippen LogP contribution in [0.4, 0.5) is 0 Å². The first-order valence-corrected chi connectivity index (χ1v) is 43.5. The van der Waals surface area contributed by atoms with Crippen LogP contribution in [-0.4, -0.2) is 207 Å². The zero-order valence-corrected chi connectivity index (χ0v) is 67.5. The Morgan fingerprint density at radius 1 is 0.327 bits per heavy atom. The molecule has 2 unspecified atom stereocenters. The molecule has 0 spiro atoms. The number of unbranched alkanes of at least 4 members (excludes halogenated alkanes) is 26. The van der Waals surface area contributed by atoms with E-state index in [1.165, 1.54) is 294 Å². The van der Waals surface area contributed by atoms with E-state index >= 15 is 0 Å². The highest BCUT2D eigenvalue weighted by molar-refractivity contribution is 7.81. The monoisotopic (exact) mass is 1490 g/mol. The average Bonchev–Trinajstić information content (AvgIpc) is 0.951. The third kappa shape index (κ3) is 88.6. The Balaban J connectivity index is -0.000000315. The lowest BCUT2D eigenvalue weighted by molar-refractivity contribution is -0.927. The molecule has 0 fully saturated rings. The van der Waals surface area contributed by atoms with Gasteiger partial charge in [-0.2, -0.15) is 0 Å². The molecule has 0 heterocycles. The van der Waals surface area contributed by atoms with E-state index < -0.39 is 41.6 Å². The van der Waals surface area contributed by atoms with Gasteiger partial charge in [0.15, 0.2) is 0 Å². The fourth-order valence-electron chi connectivity index (χ4n) is 11.3. The lowest BCUT2D eigenvalue weighted by atomic mass is 10.1. The van der Waals surface area contributed by atoms with Crippen molar-refractivity contribution in [3.8, 4) is 0 Å². The molecular formula is C68H148B2N6O18S4. The van der Waals surface area contributed by atoms with Crippen LogP contribution in [0, 0.1) is 0 Å². The fourth-order valence-corrected chi connectivity index (χ4v) is 11.9. The van der Waals surface area contributed by atoms with Gasteiger partial charge < -0.3 is 55.8 Å². The van der Waals surface area contributed by atoms with Crippen molar-refractivity contribution in [2.24, 2.45) is 0 Å². The summed E-state index contributed by atoms with van der Waals surface area (Å²) in [6.45, 7) is 44.1. The normalized spacial score (nSPS) is 12.4. The maximum atomic E-state index is 12.4. The molecule has 0 aliphatic heterocycles. The van der Waals surface area contributed by atoms with E-state index in [4.69, 9.17) is 25.9 Å². The van der Waals surface area contributed by atoms with Gasteiger partial charge in [-0.1, -0.05) is 196 Å². The Labute approximate surface area is 605 Å². The predicted octanol–water partition coefficient (Wildman–Crippen LogP) is 9.91. The summed E-state index contributed by atoms with van der Waals surface area (Å²) >= 11 is 0. The molecule has 0 saturated carbocycles. The number of carbonyl (C=O) groups excluding carboxylic acids is 2. The minimum atomic E-state index is -4.63. The fraction of sp³-hybridized carbons (Fsp3) is 0.971. The van der Waals surface area contributed by atoms with Gasteiger partial charge in [-0.15, -0.1) is 0 Å². The highest BCUT2D eigenvalue weighted by Gasteiger charge is 2.25. The van der Waals surface area contributed by atoms with Gasteiger partial charge in [0, 0.05) is 25.9 Å². The summed E-state index contributed by atoms with van der Waals surface area (Å²) in [5.74, 6) is 0.514. The smallest absolute Gasteiger partial charge is 0.310 e. The van der Waals surface area contributed by atoms with Crippen LogP contribution >= 0.6 is 0 Å². The van der Waals surface area contributed by atoms with Crippen molar-refractivity contribution >= 4 is 69.5 Å². The molecule has 24 nitrogen and oxygen atoms in total. The van der Waals surface area contributed by atoms with E-state index in [0.717, 1.165) is 52.1 Å². The number of rotatable bonds is 62. The first-order chi connectivity index (χ1) is 46.4. The first-order valence-electron chi connectivity index (χ1n) is 38.2. The van der Waals surface area contributed by atoms with Crippen LogP contribution in [0.5, 0.6) is 0 Å². The van der Waals surface area contributed by atoms with Crippen molar-refractivity contribution in [1.29, 1.82) is 0 Å². The maximum absolute atomic E-state index is 12.4. The Hall–Kier alpha value is -1.61. The number of quaternary nitrogens is 4. The number of nitrogens with zero attached hydrogens (tertiary/aromatic N) is 2. The molecule has 4 radical (unpaired) electrons. The molecule has 0 aromatic carbocycles. The molecule has 0 saturated heterocycles. The van der Waals surface area contributed by atoms with Gasteiger partial charge in [0.05, 0.1) is 118 Å². The van der Waals surface area contributed by atoms with Gasteiger partial charge in [0.1, 0.15) is 0 Å². The maximum Gasteiger partial charge on any atom is 0.310 e. The Morgan fingerprint density at radius 3 is 0.714 bits per heavy atom. The van der Waals surface area contributed by atoms with Crippen LogP contribution in [0.25, 0.3) is 0 Å². The van der Waals surface area contributed by atoms with E-state index in [-0.39, 0.29) is 25.0 Å². The van der Waals surface area contributed by atoms with Gasteiger partial charge in [0.25, 0.3) is 0 Å². The van der Waals surface area contributed by atoms with Crippen molar-refractivity contribution in [3.63, 3.8) is 0 Å². The largest absolute Gasteiger partial charge is 0.727 e. The van der Waals surface area contributed by atoms with Crippen LogP contribution in [0.15, 0.2) is 0 Å². The summed E-state index contributed by atoms with van der Waals surface area (Å²) in [5.41, 5.74) is 0. The lowest BCUT2D eigenvalue weighted by Crippen LogP contribution is -3.11. The second-order valence-electron chi connectivity index (χ2n) is 25.6. The zero-order valence-electron chi connectivity index (χ0n) is 64.2. The molecule has 588 valence electrons. The highest BCUT2D eigenvalue weighted by atomic mass is 32.3. The number of amides is 2. The van der Waals surface area contributed by atoms with Crippen LogP contribution in [0.3, 0.4) is 0 Å². The van der Waals surface area contributed by atoms with Crippen molar-refractivity contribution in [3.05, 3.63) is 0 Å². The summed E-state index contributed by atoms with van der Waals surface area (Å²) in [6.07, 6.45) is 47.7. The first kappa shape index (κ1) is 107. The van der Waals surface area contributed by atoms with Crippen molar-refractivity contribution in [1.82, 2.24) is 10.6 Å². The van der Waals surface area contributed by atoms with Gasteiger partial charge in [-0.05, 0) is 92.9 Å². The number of carbonyl (C=O) groups is 2. The second-order valence-corrected chi connectivity index (χ2v) is 29.7. The second kappa shape index (κ2) is 75.1. The van der Waals surface area contributed by atoms with Crippen molar-refractivity contribution < 1.29 is 96.8 Å². The number of nitrogens with one attached hydrogen (secondary N) is 4. The van der Waals surface area contributed by atoms with Crippen molar-refractivity contribution in [2.45, 2.75) is 314 Å². The summed E-state index contributed by atoms with van der Waals surface area (Å²) in [6, 6.07) is 0. The van der Waals surface area contributed by atoms with E-state index in [0.29, 0.717) is 12.8 Å². The SMILES string of the molecule is CCCCCCCCCCCCCC[NH+](CC)CCC(=O)NCCC[N+](CC)(CCCC)CCCC.CCCCCCCCCCCCCC[NH+](CC)CCC(=O)NCCC[N+](CC)(CCCC)CCCC.CCOS(=O)(=O)[O-].CCOS(=O)(=O)[O-].[B]OS(=O)(=O)[O-].[B]OS(=O)(=O)[O-]. The molecular weight excluding hydrogens is 1340 g/mol. The van der Waals surface area contributed by atoms with E-state index in [1.54, 1.807) is 9.80 Å². The molecule has 0 aromatic heterocycles. The highest BCUT2D eigenvalue weighted by Crippen LogP contribution is 2.16. The molecule has 0 aromatic rings. The zero-order chi connectivity index (χ0) is 75.7. The molecule has 2 amide bonds. The Morgan fingerprint density at radius 2 is 0.541 bits per heavy atom. The standard InChI is InChI=1S/2C32H67N3O.2C2H6O4S.2BHO4S/c2*1-6-11-14-15-16-17-18-19-20-21-22-23-27-34(9-4)28-25-32(36)33-26-24-31-35(10-5,29-12-7-2)30-13-8-3;2*1-2-6-7(3,4)5;2*1-5-6(2,3)4/h2*6-31H2,1-5H3;2*2H2,1H3,(H,3,4,5);2*(H,2,3,4). The summed E-state index contributed by atoms with van der Waals surface area (Å²) in [4.78, 5) is 28.1. The minimum absolute atomic E-state index is 0.0914. The Bertz CT molecular complexity index is 2020. The Kier molecular flexibility index (Phi) is 82.2. The minimum Gasteiger partial charge on any atom is -0.727 e. The number of hydrogen-bond donors (Lipinski definition) is 4. The third-order valence-electron chi connectivity index (χ3n) is 17.5. The molecule has 0 bridgehead atoms. The summed E-state index contributed by atoms with van der Waals surface area (Å²) in [5, 5.41) is 6.45. The molecule has 0 aliphatic rings. The van der Waals surface area contributed by atoms with Crippen molar-refractivity contribution in [2.75, 3.05) is 118 Å². The van der Waals surface area contributed by atoms with Gasteiger partial charge in [-0.3, -0.25) is 18.0 Å². The number of hydrogen-bond acceptors (Lipinski definition) is 18. The van der Waals surface area contributed by atoms with Crippen LogP contribution in [-0.2, 0) is 67.8 Å². The molecule has 0 rings (SSSR count). The van der Waals surface area contributed by atoms with E-state index in [9.17, 15) is 35.5 Å². The third-order valence-corrected chi connectivity index (χ3v) is 19.0. The van der Waals surface area contributed by atoms with Crippen LogP contribution in [0.1, 0.15) is 314 Å². The summed E-state index contributed by atoms with van der Waals surface area (Å²) < 4.78 is 127. The quantitative estimate of drug-likeness (QED) is 0.0145. The molecule has 2 atom stereocenters. The van der Waals surface area contributed by atoms with Gasteiger partial charge in [-0.25, -0.2) is 33.7 Å². The van der Waals surface area contributed by atoms with Crippen LogP contribution < -0.4 is 20.4 Å². The van der Waals surface area contributed by atoms with E-state index in [1.807, 2.05) is 0 Å². The van der Waals surface area contributed by atoms with E-state index in [2.05, 4.69) is 113 Å². The molecule has 98 heavy (non-hydrogen) atoms. The molecule has 30 heteroatoms. The van der Waals surface area contributed by atoms with Gasteiger partial charge in [0.2, 0.25) is 53.4 Å². The molecule has 4 N–H and O–H groups in total. The summed E-state index contributed by atoms with van der Waals surface area (Å²) in [7, 11) is -10.3. The lowest BCUT2D eigenvalue weighted by Gasteiger charge is -2.38. The molecule has 0 aliphatic carbocycles.